The zero-order chi connectivity index (χ0) is 32.8. The van der Waals surface area contributed by atoms with E-state index in [0.29, 0.717) is 0 Å². The van der Waals surface area contributed by atoms with E-state index in [1.165, 1.54) is 98.8 Å². The molecule has 0 saturated heterocycles. The first-order valence-corrected chi connectivity index (χ1v) is 17.6. The maximum atomic E-state index is 2.49. The van der Waals surface area contributed by atoms with E-state index in [1.807, 2.05) is 0 Å². The molecule has 0 saturated carbocycles. The quantitative estimate of drug-likeness (QED) is 0.171. The normalized spacial score (nSPS) is 13.0. The van der Waals surface area contributed by atoms with E-state index in [2.05, 4.69) is 179 Å². The summed E-state index contributed by atoms with van der Waals surface area (Å²) in [5, 5.41) is 11.7. The molecule has 8 aromatic carbocycles. The van der Waals surface area contributed by atoms with Gasteiger partial charge in [-0.25, -0.2) is 0 Å². The Morgan fingerprint density at radius 1 is 0.360 bits per heavy atom. The zero-order valence-corrected chi connectivity index (χ0v) is 27.5. The van der Waals surface area contributed by atoms with Gasteiger partial charge in [0.15, 0.2) is 0 Å². The molecule has 0 unspecified atom stereocenters. The average molecular weight is 637 g/mol. The number of aryl methyl sites for hydroxylation is 1. The molecule has 0 spiro atoms. The second kappa shape index (κ2) is 10.6. The van der Waals surface area contributed by atoms with Gasteiger partial charge in [0.05, 0.1) is 16.6 Å². The van der Waals surface area contributed by atoms with Crippen molar-refractivity contribution < 1.29 is 0 Å². The van der Waals surface area contributed by atoms with Crippen molar-refractivity contribution in [3.8, 4) is 22.5 Å². The van der Waals surface area contributed by atoms with Crippen molar-refractivity contribution in [1.82, 2.24) is 9.13 Å². The first-order chi connectivity index (χ1) is 24.8. The predicted octanol–water partition coefficient (Wildman–Crippen LogP) is 12.8. The summed E-state index contributed by atoms with van der Waals surface area (Å²) in [7, 11) is 0. The molecular formula is C48H32N2. The molecule has 0 N–H and O–H groups in total. The molecule has 0 fully saturated rings. The summed E-state index contributed by atoms with van der Waals surface area (Å²) in [6, 6.07) is 58.3. The third-order valence-electron chi connectivity index (χ3n) is 11.0. The van der Waals surface area contributed by atoms with Crippen LogP contribution in [-0.2, 0) is 6.42 Å². The third kappa shape index (κ3) is 3.90. The molecule has 2 heteroatoms. The smallest absolute Gasteiger partial charge is 0.0541 e. The van der Waals surface area contributed by atoms with Crippen molar-refractivity contribution in [2.75, 3.05) is 0 Å². The van der Waals surface area contributed by atoms with Crippen LogP contribution in [-0.4, -0.2) is 9.13 Å². The highest BCUT2D eigenvalue weighted by Crippen LogP contribution is 2.41. The number of hydrogen-bond acceptors (Lipinski definition) is 0. The second-order valence-corrected chi connectivity index (χ2v) is 13.6. The van der Waals surface area contributed by atoms with Gasteiger partial charge in [0.25, 0.3) is 0 Å². The van der Waals surface area contributed by atoms with Crippen molar-refractivity contribution in [3.05, 3.63) is 175 Å². The molecule has 2 nitrogen and oxygen atoms in total. The van der Waals surface area contributed by atoms with Crippen molar-refractivity contribution in [3.63, 3.8) is 0 Å². The fourth-order valence-corrected chi connectivity index (χ4v) is 8.74. The van der Waals surface area contributed by atoms with Crippen LogP contribution in [0.1, 0.15) is 17.7 Å². The van der Waals surface area contributed by atoms with Crippen LogP contribution in [0.25, 0.3) is 93.6 Å². The highest BCUT2D eigenvalue weighted by Gasteiger charge is 2.21. The van der Waals surface area contributed by atoms with Gasteiger partial charge in [-0.1, -0.05) is 109 Å². The Bertz CT molecular complexity index is 2990. The van der Waals surface area contributed by atoms with Crippen LogP contribution in [0.3, 0.4) is 0 Å². The lowest BCUT2D eigenvalue weighted by Crippen LogP contribution is -2.00. The Labute approximate surface area is 289 Å². The minimum Gasteiger partial charge on any atom is -0.310 e. The zero-order valence-electron chi connectivity index (χ0n) is 27.5. The fourth-order valence-electron chi connectivity index (χ4n) is 8.74. The summed E-state index contributed by atoms with van der Waals surface area (Å²) in [4.78, 5) is 0. The van der Waals surface area contributed by atoms with Gasteiger partial charge in [-0.3, -0.25) is 0 Å². The number of benzene rings is 8. The van der Waals surface area contributed by atoms with E-state index in [0.717, 1.165) is 12.8 Å². The molecule has 50 heavy (non-hydrogen) atoms. The molecule has 11 rings (SSSR count). The van der Waals surface area contributed by atoms with Crippen LogP contribution in [0.2, 0.25) is 0 Å². The summed E-state index contributed by atoms with van der Waals surface area (Å²) in [5.41, 5.74) is 11.3. The number of aromatic nitrogens is 2. The molecule has 1 aliphatic carbocycles. The largest absolute Gasteiger partial charge is 0.310 e. The highest BCUT2D eigenvalue weighted by atomic mass is 15.0. The maximum Gasteiger partial charge on any atom is 0.0541 e. The molecule has 1 aliphatic rings. The Hall–Kier alpha value is -6.38. The lowest BCUT2D eigenvalue weighted by molar-refractivity contribution is 0.968. The summed E-state index contributed by atoms with van der Waals surface area (Å²) in [5.74, 6) is 0. The Morgan fingerprint density at radius 3 is 1.64 bits per heavy atom. The van der Waals surface area contributed by atoms with E-state index >= 15 is 0 Å². The maximum absolute atomic E-state index is 2.49. The van der Waals surface area contributed by atoms with Gasteiger partial charge < -0.3 is 9.13 Å². The Kier molecular flexibility index (Phi) is 5.82. The van der Waals surface area contributed by atoms with Crippen LogP contribution >= 0.6 is 0 Å². The molecule has 0 radical (unpaired) electrons. The summed E-state index contributed by atoms with van der Waals surface area (Å²) < 4.78 is 4.88. The van der Waals surface area contributed by atoms with E-state index in [-0.39, 0.29) is 0 Å². The topological polar surface area (TPSA) is 9.86 Å². The molecule has 2 heterocycles. The summed E-state index contributed by atoms with van der Waals surface area (Å²) >= 11 is 0. The first kappa shape index (κ1) is 27.6. The SMILES string of the molecule is C1=Cc2c(c3cc(-c4ccc5c(c4)c4ccccc4n5-c4ccccc4)ccc3n2-c2ccc3c4ccccc4c4ccccc4c3c2)CC1. The standard InChI is InChI=1S/C48H32N2/c1-2-12-33(13-3-1)49-45-20-10-8-18-40(45)43-28-31(22-26-47(43)49)32-23-27-48-44(29-32)41-19-9-11-21-46(41)50(48)34-24-25-39-37-16-5-4-14-35(37)36-15-6-7-17-38(36)42(39)30-34/h1-8,10-18,20-30H,9,19H2. The number of para-hydroxylation sites is 2. The van der Waals surface area contributed by atoms with E-state index in [9.17, 15) is 0 Å². The van der Waals surface area contributed by atoms with Gasteiger partial charge in [0.1, 0.15) is 0 Å². The first-order valence-electron chi connectivity index (χ1n) is 17.6. The molecule has 0 amide bonds. The molecule has 2 aromatic heterocycles. The number of fused-ring (bicyclic) bond motifs is 12. The molecule has 0 atom stereocenters. The molecular weight excluding hydrogens is 605 g/mol. The van der Waals surface area contributed by atoms with Crippen LogP contribution in [0, 0.1) is 0 Å². The minimum absolute atomic E-state index is 1.05. The van der Waals surface area contributed by atoms with E-state index < -0.39 is 0 Å². The predicted molar refractivity (Wildman–Crippen MR) is 213 cm³/mol. The van der Waals surface area contributed by atoms with Crippen LogP contribution in [0.5, 0.6) is 0 Å². The van der Waals surface area contributed by atoms with Crippen molar-refractivity contribution in [2.24, 2.45) is 0 Å². The van der Waals surface area contributed by atoms with E-state index in [4.69, 9.17) is 0 Å². The fraction of sp³-hybridized carbons (Fsp3) is 0.0417. The minimum atomic E-state index is 1.05. The van der Waals surface area contributed by atoms with Crippen LogP contribution < -0.4 is 0 Å². The highest BCUT2D eigenvalue weighted by molar-refractivity contribution is 6.25. The molecule has 10 aromatic rings. The van der Waals surface area contributed by atoms with Gasteiger partial charge in [-0.2, -0.15) is 0 Å². The number of rotatable bonds is 3. The Morgan fingerprint density at radius 2 is 0.920 bits per heavy atom. The lowest BCUT2D eigenvalue weighted by atomic mass is 9.94. The number of hydrogen-bond donors (Lipinski definition) is 0. The number of nitrogens with zero attached hydrogens (tertiary/aromatic N) is 2. The average Bonchev–Trinajstić information content (AvgIpc) is 3.70. The van der Waals surface area contributed by atoms with Gasteiger partial charge in [0.2, 0.25) is 0 Å². The van der Waals surface area contributed by atoms with Crippen molar-refractivity contribution >= 4 is 71.1 Å². The van der Waals surface area contributed by atoms with Gasteiger partial charge in [-0.05, 0) is 123 Å². The lowest BCUT2D eigenvalue weighted by Gasteiger charge is -2.15. The summed E-state index contributed by atoms with van der Waals surface area (Å²) in [6.07, 6.45) is 6.78. The van der Waals surface area contributed by atoms with Crippen molar-refractivity contribution in [1.29, 1.82) is 0 Å². The van der Waals surface area contributed by atoms with Crippen molar-refractivity contribution in [2.45, 2.75) is 12.8 Å². The summed E-state index contributed by atoms with van der Waals surface area (Å²) in [6.45, 7) is 0. The van der Waals surface area contributed by atoms with Crippen LogP contribution in [0.4, 0.5) is 0 Å². The number of allylic oxidation sites excluding steroid dienone is 1. The van der Waals surface area contributed by atoms with Gasteiger partial charge >= 0.3 is 0 Å². The molecule has 0 aliphatic heterocycles. The van der Waals surface area contributed by atoms with E-state index in [1.54, 1.807) is 0 Å². The molecule has 234 valence electrons. The monoisotopic (exact) mass is 636 g/mol. The van der Waals surface area contributed by atoms with Gasteiger partial charge in [0, 0.05) is 33.2 Å². The molecule has 0 bridgehead atoms. The van der Waals surface area contributed by atoms with Crippen LogP contribution in [0.15, 0.2) is 164 Å². The third-order valence-corrected chi connectivity index (χ3v) is 11.0. The second-order valence-electron chi connectivity index (χ2n) is 13.6. The Balaban J connectivity index is 1.11. The van der Waals surface area contributed by atoms with Gasteiger partial charge in [-0.15, -0.1) is 0 Å².